The van der Waals surface area contributed by atoms with Crippen molar-refractivity contribution in [1.29, 1.82) is 0 Å². The Balaban J connectivity index is 1.45. The van der Waals surface area contributed by atoms with Gasteiger partial charge in [-0.3, -0.25) is 14.5 Å². The highest BCUT2D eigenvalue weighted by Gasteiger charge is 2.32. The smallest absolute Gasteiger partial charge is 0.238 e. The molecular formula is C20H30N4O2. The molecule has 2 atom stereocenters. The average molecular weight is 358 g/mol. The molecule has 1 aromatic carbocycles. The molecule has 1 aliphatic carbocycles. The normalized spacial score (nSPS) is 23.8. The van der Waals surface area contributed by atoms with Crippen LogP contribution in [0.1, 0.15) is 31.7 Å². The highest BCUT2D eigenvalue weighted by atomic mass is 16.2. The first-order valence-electron chi connectivity index (χ1n) is 9.71. The van der Waals surface area contributed by atoms with Gasteiger partial charge in [0.25, 0.3) is 0 Å². The van der Waals surface area contributed by atoms with E-state index in [1.807, 2.05) is 29.2 Å². The van der Waals surface area contributed by atoms with Crippen molar-refractivity contribution in [2.24, 2.45) is 11.7 Å². The lowest BCUT2D eigenvalue weighted by Crippen LogP contribution is -2.51. The molecule has 6 heteroatoms. The Labute approximate surface area is 155 Å². The fraction of sp³-hybridized carbons (Fsp3) is 0.600. The number of carbonyl (C=O) groups excluding carboxylic acids is 2. The van der Waals surface area contributed by atoms with Crippen LogP contribution in [0.25, 0.3) is 0 Å². The van der Waals surface area contributed by atoms with Gasteiger partial charge in [0.05, 0.1) is 6.54 Å². The minimum atomic E-state index is 0.00689. The number of para-hydroxylation sites is 1. The molecule has 2 aliphatic rings. The summed E-state index contributed by atoms with van der Waals surface area (Å²) in [5, 5.41) is 3.02. The molecule has 1 heterocycles. The van der Waals surface area contributed by atoms with Crippen molar-refractivity contribution in [2.75, 3.05) is 38.0 Å². The van der Waals surface area contributed by atoms with Crippen molar-refractivity contribution in [3.8, 4) is 0 Å². The fourth-order valence-corrected chi connectivity index (χ4v) is 3.97. The molecule has 2 unspecified atom stereocenters. The van der Waals surface area contributed by atoms with Crippen LogP contribution >= 0.6 is 0 Å². The van der Waals surface area contributed by atoms with Crippen LogP contribution in [0.4, 0.5) is 5.69 Å². The largest absolute Gasteiger partial charge is 0.340 e. The van der Waals surface area contributed by atoms with E-state index >= 15 is 0 Å². The summed E-state index contributed by atoms with van der Waals surface area (Å²) < 4.78 is 0. The zero-order valence-corrected chi connectivity index (χ0v) is 15.6. The lowest BCUT2D eigenvalue weighted by molar-refractivity contribution is -0.137. The van der Waals surface area contributed by atoms with Gasteiger partial charge in [0.2, 0.25) is 11.8 Å². The van der Waals surface area contributed by atoms with Crippen LogP contribution in [0.2, 0.25) is 0 Å². The number of rotatable bonds is 5. The summed E-state index contributed by atoms with van der Waals surface area (Å²) in [6.45, 7) is 5.33. The molecule has 1 aliphatic heterocycles. The number of nitrogens with two attached hydrogens (primary N) is 1. The zero-order chi connectivity index (χ0) is 18.5. The van der Waals surface area contributed by atoms with Crippen LogP contribution < -0.4 is 11.1 Å². The first-order chi connectivity index (χ1) is 12.6. The summed E-state index contributed by atoms with van der Waals surface area (Å²) in [5.74, 6) is 0.358. The van der Waals surface area contributed by atoms with Crippen LogP contribution in [-0.4, -0.2) is 60.4 Å². The Morgan fingerprint density at radius 1 is 1.15 bits per heavy atom. The summed E-state index contributed by atoms with van der Waals surface area (Å²) in [7, 11) is 0. The number of amides is 2. The van der Waals surface area contributed by atoms with Gasteiger partial charge in [0, 0.05) is 43.8 Å². The molecule has 6 nitrogen and oxygen atoms in total. The van der Waals surface area contributed by atoms with Crippen LogP contribution in [0.3, 0.4) is 0 Å². The fourth-order valence-electron chi connectivity index (χ4n) is 3.97. The second kappa shape index (κ2) is 8.64. The zero-order valence-electron chi connectivity index (χ0n) is 15.6. The van der Waals surface area contributed by atoms with E-state index in [0.717, 1.165) is 50.0 Å². The van der Waals surface area contributed by atoms with Gasteiger partial charge in [-0.05, 0) is 37.3 Å². The molecular weight excluding hydrogens is 328 g/mol. The lowest BCUT2D eigenvalue weighted by Gasteiger charge is -2.35. The maximum atomic E-state index is 12.6. The maximum Gasteiger partial charge on any atom is 0.238 e. The molecule has 142 valence electrons. The summed E-state index contributed by atoms with van der Waals surface area (Å²) in [5.41, 5.74) is 7.97. The molecule has 3 rings (SSSR count). The summed E-state index contributed by atoms with van der Waals surface area (Å²) in [4.78, 5) is 29.0. The number of hydrogen-bond donors (Lipinski definition) is 2. The maximum absolute atomic E-state index is 12.6. The van der Waals surface area contributed by atoms with Gasteiger partial charge >= 0.3 is 0 Å². The molecule has 0 spiro atoms. The average Bonchev–Trinajstić information content (AvgIpc) is 3.08. The minimum Gasteiger partial charge on any atom is -0.340 e. The number of aryl methyl sites for hydroxylation is 1. The van der Waals surface area contributed by atoms with Gasteiger partial charge in [0.1, 0.15) is 0 Å². The molecule has 1 saturated carbocycles. The van der Waals surface area contributed by atoms with E-state index in [9.17, 15) is 9.59 Å². The first-order valence-corrected chi connectivity index (χ1v) is 9.71. The third-order valence-electron chi connectivity index (χ3n) is 5.55. The molecule has 2 fully saturated rings. The predicted molar refractivity (Wildman–Crippen MR) is 103 cm³/mol. The highest BCUT2D eigenvalue weighted by molar-refractivity contribution is 5.93. The molecule has 26 heavy (non-hydrogen) atoms. The molecule has 0 aromatic heterocycles. The van der Waals surface area contributed by atoms with Crippen molar-refractivity contribution < 1.29 is 9.59 Å². The van der Waals surface area contributed by atoms with Crippen molar-refractivity contribution >= 4 is 17.5 Å². The molecule has 3 N–H and O–H groups in total. The lowest BCUT2D eigenvalue weighted by atomic mass is 10.1. The number of nitrogens with one attached hydrogen (secondary N) is 1. The van der Waals surface area contributed by atoms with E-state index in [-0.39, 0.29) is 23.8 Å². The van der Waals surface area contributed by atoms with E-state index in [4.69, 9.17) is 5.73 Å². The Kier molecular flexibility index (Phi) is 6.27. The number of anilines is 1. The topological polar surface area (TPSA) is 78.7 Å². The number of nitrogens with zero attached hydrogens (tertiary/aromatic N) is 2. The SMILES string of the molecule is CCc1ccccc1NC(=O)CN1CCN(C(=O)C2CCC(N)C2)CC1. The Morgan fingerprint density at radius 3 is 2.54 bits per heavy atom. The van der Waals surface area contributed by atoms with E-state index in [1.165, 1.54) is 0 Å². The predicted octanol–water partition coefficient (Wildman–Crippen LogP) is 1.46. The minimum absolute atomic E-state index is 0.00689. The Hall–Kier alpha value is -1.92. The van der Waals surface area contributed by atoms with Crippen molar-refractivity contribution in [3.63, 3.8) is 0 Å². The van der Waals surface area contributed by atoms with Crippen LogP contribution in [0, 0.1) is 5.92 Å². The van der Waals surface area contributed by atoms with E-state index in [2.05, 4.69) is 17.1 Å². The molecule has 1 aromatic rings. The molecule has 0 radical (unpaired) electrons. The van der Waals surface area contributed by atoms with Gasteiger partial charge in [-0.15, -0.1) is 0 Å². The van der Waals surface area contributed by atoms with Crippen LogP contribution in [0.5, 0.6) is 0 Å². The number of hydrogen-bond acceptors (Lipinski definition) is 4. The summed E-state index contributed by atoms with van der Waals surface area (Å²) >= 11 is 0. The van der Waals surface area contributed by atoms with Gasteiger partial charge < -0.3 is 16.0 Å². The first kappa shape index (κ1) is 18.9. The number of carbonyl (C=O) groups is 2. The Morgan fingerprint density at radius 2 is 1.88 bits per heavy atom. The van der Waals surface area contributed by atoms with Crippen LogP contribution in [-0.2, 0) is 16.0 Å². The van der Waals surface area contributed by atoms with Gasteiger partial charge in [-0.1, -0.05) is 25.1 Å². The van der Waals surface area contributed by atoms with Crippen molar-refractivity contribution in [2.45, 2.75) is 38.6 Å². The molecule has 1 saturated heterocycles. The van der Waals surface area contributed by atoms with Gasteiger partial charge in [0.15, 0.2) is 0 Å². The summed E-state index contributed by atoms with van der Waals surface area (Å²) in [6, 6.07) is 8.09. The highest BCUT2D eigenvalue weighted by Crippen LogP contribution is 2.26. The van der Waals surface area contributed by atoms with E-state index < -0.39 is 0 Å². The number of piperazine rings is 1. The van der Waals surface area contributed by atoms with E-state index in [0.29, 0.717) is 19.6 Å². The second-order valence-electron chi connectivity index (χ2n) is 7.43. The quantitative estimate of drug-likeness (QED) is 0.835. The second-order valence-corrected chi connectivity index (χ2v) is 7.43. The third-order valence-corrected chi connectivity index (χ3v) is 5.55. The monoisotopic (exact) mass is 358 g/mol. The van der Waals surface area contributed by atoms with Gasteiger partial charge in [-0.25, -0.2) is 0 Å². The molecule has 2 amide bonds. The standard InChI is InChI=1S/C20H30N4O2/c1-2-15-5-3-4-6-18(15)22-19(25)14-23-9-11-24(12-10-23)20(26)16-7-8-17(21)13-16/h3-6,16-17H,2,7-14,21H2,1H3,(H,22,25). The van der Waals surface area contributed by atoms with Crippen molar-refractivity contribution in [3.05, 3.63) is 29.8 Å². The number of benzene rings is 1. The van der Waals surface area contributed by atoms with Gasteiger partial charge in [-0.2, -0.15) is 0 Å². The van der Waals surface area contributed by atoms with Crippen LogP contribution in [0.15, 0.2) is 24.3 Å². The van der Waals surface area contributed by atoms with E-state index in [1.54, 1.807) is 0 Å². The summed E-state index contributed by atoms with van der Waals surface area (Å²) in [6.07, 6.45) is 3.58. The molecule has 0 bridgehead atoms. The third kappa shape index (κ3) is 4.62. The van der Waals surface area contributed by atoms with Crippen molar-refractivity contribution in [1.82, 2.24) is 9.80 Å². The Bertz CT molecular complexity index is 640.